The van der Waals surface area contributed by atoms with Crippen LogP contribution >= 0.6 is 0 Å². The first-order chi connectivity index (χ1) is 18.0. The molecule has 4 heterocycles. The fourth-order valence-electron chi connectivity index (χ4n) is 5.80. The highest BCUT2D eigenvalue weighted by atomic mass is 32.2. The molecule has 5 rings (SSSR count). The van der Waals surface area contributed by atoms with Crippen molar-refractivity contribution in [3.05, 3.63) is 59.4 Å². The Morgan fingerprint density at radius 1 is 1.32 bits per heavy atom. The minimum atomic E-state index is -4.10. The van der Waals surface area contributed by atoms with Gasteiger partial charge in [-0.2, -0.15) is 0 Å². The van der Waals surface area contributed by atoms with E-state index in [1.807, 2.05) is 0 Å². The Morgan fingerprint density at radius 3 is 2.79 bits per heavy atom. The Kier molecular flexibility index (Phi) is 6.64. The standard InChI is InChI=1S/C25H30F2N6O4S/c1-24(19-11-18(4-5-20(19)27)30-22(34)21-6-3-17(26)12-29-21)25(38(35,36)32(2)23(28)31-24)8-9-33(15-25)13-16-7-10-37-14-16/h3-6,11-12,16H,7-10,13-15H2,1-2H3,(H2,28,31)(H,30,34)/t16?,24-,25-/m1/s1. The van der Waals surface area contributed by atoms with Gasteiger partial charge in [-0.05, 0) is 62.6 Å². The molecule has 3 fully saturated rings. The fraction of sp³-hybridized carbons (Fsp3) is 0.480. The second-order valence-electron chi connectivity index (χ2n) is 10.3. The molecule has 1 spiro atoms. The summed E-state index contributed by atoms with van der Waals surface area (Å²) in [6, 6.07) is 6.21. The average Bonchev–Trinajstić information content (AvgIpc) is 3.55. The van der Waals surface area contributed by atoms with Gasteiger partial charge >= 0.3 is 0 Å². The van der Waals surface area contributed by atoms with Crippen molar-refractivity contribution >= 4 is 27.6 Å². The number of aromatic nitrogens is 1. The molecule has 3 aliphatic heterocycles. The number of carbonyl (C=O) groups excluding carboxylic acids is 1. The van der Waals surface area contributed by atoms with Crippen LogP contribution in [0.15, 0.2) is 36.5 Å². The van der Waals surface area contributed by atoms with Crippen LogP contribution in [0.2, 0.25) is 0 Å². The number of pyridine rings is 1. The summed E-state index contributed by atoms with van der Waals surface area (Å²) in [4.78, 5) is 18.5. The molecule has 3 saturated heterocycles. The molecule has 3 aliphatic rings. The summed E-state index contributed by atoms with van der Waals surface area (Å²) in [5.74, 6) is -1.98. The van der Waals surface area contributed by atoms with Gasteiger partial charge in [-0.1, -0.05) is 0 Å². The van der Waals surface area contributed by atoms with Crippen molar-refractivity contribution in [3.63, 3.8) is 0 Å². The van der Waals surface area contributed by atoms with Crippen LogP contribution in [0.1, 0.15) is 35.8 Å². The molecule has 3 atom stereocenters. The lowest BCUT2D eigenvalue weighted by Crippen LogP contribution is -2.74. The Hall–Kier alpha value is -3.16. The number of sulfonamides is 1. The molecular formula is C25H30F2N6O4S. The number of hydrogen-bond acceptors (Lipinski definition) is 7. The zero-order valence-corrected chi connectivity index (χ0v) is 21.9. The number of benzene rings is 1. The van der Waals surface area contributed by atoms with E-state index in [2.05, 4.69) is 20.5 Å². The second-order valence-corrected chi connectivity index (χ2v) is 12.6. The number of amides is 1. The van der Waals surface area contributed by atoms with Crippen molar-refractivity contribution < 1.29 is 26.7 Å². The van der Waals surface area contributed by atoms with E-state index in [9.17, 15) is 17.6 Å². The van der Waals surface area contributed by atoms with Crippen LogP contribution in [-0.4, -0.2) is 79.1 Å². The smallest absolute Gasteiger partial charge is 0.274 e. The monoisotopic (exact) mass is 548 g/mol. The van der Waals surface area contributed by atoms with Gasteiger partial charge in [0.05, 0.1) is 18.3 Å². The molecule has 1 amide bonds. The zero-order valence-electron chi connectivity index (χ0n) is 21.1. The predicted molar refractivity (Wildman–Crippen MR) is 136 cm³/mol. The highest BCUT2D eigenvalue weighted by molar-refractivity contribution is 7.91. The maximum atomic E-state index is 15.5. The summed E-state index contributed by atoms with van der Waals surface area (Å²) < 4.78 is 61.6. The van der Waals surface area contributed by atoms with Gasteiger partial charge in [-0.15, -0.1) is 0 Å². The Morgan fingerprint density at radius 2 is 2.11 bits per heavy atom. The van der Waals surface area contributed by atoms with E-state index in [1.54, 1.807) is 6.92 Å². The van der Waals surface area contributed by atoms with E-state index in [0.29, 0.717) is 32.2 Å². The van der Waals surface area contributed by atoms with Gasteiger partial charge in [-0.3, -0.25) is 10.2 Å². The molecule has 13 heteroatoms. The molecule has 1 unspecified atom stereocenters. The van der Waals surface area contributed by atoms with Gasteiger partial charge in [0.25, 0.3) is 5.91 Å². The van der Waals surface area contributed by atoms with E-state index in [-0.39, 0.29) is 35.9 Å². The molecule has 1 aromatic carbocycles. The minimum absolute atomic E-state index is 0.00911. The number of nitrogens with one attached hydrogen (secondary N) is 3. The molecule has 38 heavy (non-hydrogen) atoms. The predicted octanol–water partition coefficient (Wildman–Crippen LogP) is 2.11. The van der Waals surface area contributed by atoms with Crippen LogP contribution in [0.25, 0.3) is 0 Å². The molecule has 0 radical (unpaired) electrons. The van der Waals surface area contributed by atoms with Crippen molar-refractivity contribution in [1.82, 2.24) is 19.5 Å². The SMILES string of the molecule is CN1C(=N)N[C@](C)(c2cc(NC(=O)c3ccc(F)cn3)ccc2F)[C@]2(CCN(CC3CCOC3)C2)S1(=O)=O. The van der Waals surface area contributed by atoms with Crippen molar-refractivity contribution in [2.75, 3.05) is 45.2 Å². The van der Waals surface area contributed by atoms with Gasteiger partial charge in [0.2, 0.25) is 16.0 Å². The number of guanidine groups is 1. The van der Waals surface area contributed by atoms with Crippen LogP contribution in [0.5, 0.6) is 0 Å². The summed E-state index contributed by atoms with van der Waals surface area (Å²) in [7, 11) is -2.78. The number of carbonyl (C=O) groups is 1. The van der Waals surface area contributed by atoms with E-state index < -0.39 is 37.9 Å². The maximum absolute atomic E-state index is 15.5. The lowest BCUT2D eigenvalue weighted by molar-refractivity contribution is 0.102. The molecule has 2 aromatic rings. The number of rotatable bonds is 5. The normalized spacial score (nSPS) is 29.0. The van der Waals surface area contributed by atoms with Crippen LogP contribution in [0.3, 0.4) is 0 Å². The highest BCUT2D eigenvalue weighted by Gasteiger charge is 2.66. The highest BCUT2D eigenvalue weighted by Crippen LogP contribution is 2.49. The fourth-order valence-corrected chi connectivity index (χ4v) is 7.98. The van der Waals surface area contributed by atoms with Gasteiger partial charge in [-0.25, -0.2) is 26.5 Å². The van der Waals surface area contributed by atoms with Crippen molar-refractivity contribution in [3.8, 4) is 0 Å². The Balaban J connectivity index is 1.52. The third kappa shape index (κ3) is 4.22. The summed E-state index contributed by atoms with van der Waals surface area (Å²) >= 11 is 0. The Bertz CT molecular complexity index is 1370. The molecular weight excluding hydrogens is 518 g/mol. The van der Waals surface area contributed by atoms with Crippen molar-refractivity contribution in [1.29, 1.82) is 5.41 Å². The number of likely N-dealkylation sites (tertiary alicyclic amines) is 1. The van der Waals surface area contributed by atoms with E-state index in [1.165, 1.54) is 25.2 Å². The molecule has 3 N–H and O–H groups in total. The van der Waals surface area contributed by atoms with Crippen molar-refractivity contribution in [2.45, 2.75) is 30.1 Å². The largest absolute Gasteiger partial charge is 0.381 e. The first-order valence-corrected chi connectivity index (χ1v) is 13.8. The van der Waals surface area contributed by atoms with Crippen LogP contribution in [0, 0.1) is 23.0 Å². The van der Waals surface area contributed by atoms with Gasteiger partial charge < -0.3 is 20.3 Å². The van der Waals surface area contributed by atoms with Gasteiger partial charge in [0.1, 0.15) is 22.1 Å². The number of ether oxygens (including phenoxy) is 1. The van der Waals surface area contributed by atoms with Crippen LogP contribution in [0.4, 0.5) is 14.5 Å². The molecule has 0 aliphatic carbocycles. The quantitative estimate of drug-likeness (QED) is 0.522. The molecule has 0 saturated carbocycles. The first kappa shape index (κ1) is 26.4. The number of nitrogens with zero attached hydrogens (tertiary/aromatic N) is 3. The number of halogens is 2. The van der Waals surface area contributed by atoms with Gasteiger partial charge in [0, 0.05) is 38.0 Å². The number of anilines is 1. The zero-order chi connectivity index (χ0) is 27.3. The van der Waals surface area contributed by atoms with E-state index >= 15 is 4.39 Å². The van der Waals surface area contributed by atoms with Crippen molar-refractivity contribution in [2.24, 2.45) is 5.92 Å². The van der Waals surface area contributed by atoms with Gasteiger partial charge in [0.15, 0.2) is 0 Å². The minimum Gasteiger partial charge on any atom is -0.381 e. The second kappa shape index (κ2) is 9.54. The molecule has 1 aromatic heterocycles. The molecule has 0 bridgehead atoms. The average molecular weight is 549 g/mol. The summed E-state index contributed by atoms with van der Waals surface area (Å²) in [5, 5.41) is 14.0. The number of hydrogen-bond donors (Lipinski definition) is 3. The third-order valence-electron chi connectivity index (χ3n) is 8.02. The summed E-state index contributed by atoms with van der Waals surface area (Å²) in [6.07, 6.45) is 2.04. The van der Waals surface area contributed by atoms with Crippen LogP contribution in [-0.2, 0) is 20.3 Å². The van der Waals surface area contributed by atoms with E-state index in [4.69, 9.17) is 10.1 Å². The maximum Gasteiger partial charge on any atom is 0.274 e. The molecule has 10 nitrogen and oxygen atoms in total. The Labute approximate surface area is 219 Å². The lowest BCUT2D eigenvalue weighted by Gasteiger charge is -2.53. The van der Waals surface area contributed by atoms with Crippen LogP contribution < -0.4 is 10.6 Å². The topological polar surface area (TPSA) is 128 Å². The van der Waals surface area contributed by atoms with E-state index in [0.717, 1.165) is 29.1 Å². The third-order valence-corrected chi connectivity index (χ3v) is 10.7. The lowest BCUT2D eigenvalue weighted by atomic mass is 9.77. The molecule has 204 valence electrons. The first-order valence-electron chi connectivity index (χ1n) is 12.4. The summed E-state index contributed by atoms with van der Waals surface area (Å²) in [6.45, 7) is 4.19. The summed E-state index contributed by atoms with van der Waals surface area (Å²) in [5.41, 5.74) is -1.36.